The molecule has 3 rings (SSSR count). The number of thiol groups is 1. The predicted octanol–water partition coefficient (Wildman–Crippen LogP) is 3.11. The number of ketones is 1. The molecule has 7 nitrogen and oxygen atoms in total. The minimum Gasteiger partial charge on any atom is -0.458 e. The van der Waals surface area contributed by atoms with Gasteiger partial charge in [-0.25, -0.2) is 13.2 Å². The average molecular weight is 412 g/mol. The summed E-state index contributed by atoms with van der Waals surface area (Å²) in [6.07, 6.45) is 1.31. The van der Waals surface area contributed by atoms with Crippen LogP contribution < -0.4 is 0 Å². The summed E-state index contributed by atoms with van der Waals surface area (Å²) in [5, 5.41) is 3.87. The van der Waals surface area contributed by atoms with E-state index in [9.17, 15) is 18.0 Å². The standard InChI is InChI=1S/C18H18ClNO6S/c1-9(2)25-18(22)15-14(17(26-20-15)11-4-5-11)16(21)12-6-3-10(7-13(12)19)8-27(23)24/h3,6-7,9,11,27H,4-5,8H2,1-2H3. The fourth-order valence-electron chi connectivity index (χ4n) is 2.68. The molecule has 0 aliphatic heterocycles. The molecule has 0 N–H and O–H groups in total. The van der Waals surface area contributed by atoms with Crippen molar-refractivity contribution in [3.63, 3.8) is 0 Å². The number of rotatable bonds is 7. The zero-order valence-corrected chi connectivity index (χ0v) is 16.4. The highest BCUT2D eigenvalue weighted by atomic mass is 35.5. The molecular weight excluding hydrogens is 394 g/mol. The largest absolute Gasteiger partial charge is 0.458 e. The van der Waals surface area contributed by atoms with Crippen molar-refractivity contribution < 1.29 is 27.3 Å². The summed E-state index contributed by atoms with van der Waals surface area (Å²) < 4.78 is 32.2. The quantitative estimate of drug-likeness (QED) is 0.424. The van der Waals surface area contributed by atoms with E-state index in [1.165, 1.54) is 18.2 Å². The van der Waals surface area contributed by atoms with Gasteiger partial charge in [0.25, 0.3) is 0 Å². The van der Waals surface area contributed by atoms with Crippen LogP contribution in [0.15, 0.2) is 22.7 Å². The van der Waals surface area contributed by atoms with Crippen molar-refractivity contribution in [2.75, 3.05) is 0 Å². The van der Waals surface area contributed by atoms with Crippen molar-refractivity contribution in [1.29, 1.82) is 0 Å². The normalized spacial score (nSPS) is 14.0. The average Bonchev–Trinajstić information content (AvgIpc) is 3.31. The van der Waals surface area contributed by atoms with Gasteiger partial charge < -0.3 is 9.26 Å². The SMILES string of the molecule is CC(C)OC(=O)c1noc(C2CC2)c1C(=O)c1ccc(C[SH](=O)=O)cc1Cl. The van der Waals surface area contributed by atoms with Crippen molar-refractivity contribution in [3.05, 3.63) is 51.4 Å². The van der Waals surface area contributed by atoms with E-state index in [2.05, 4.69) is 5.16 Å². The van der Waals surface area contributed by atoms with Crippen LogP contribution in [0, 0.1) is 0 Å². The van der Waals surface area contributed by atoms with Crippen molar-refractivity contribution >= 4 is 34.1 Å². The predicted molar refractivity (Wildman–Crippen MR) is 97.9 cm³/mol. The third kappa shape index (κ3) is 4.39. The summed E-state index contributed by atoms with van der Waals surface area (Å²) >= 11 is 6.20. The lowest BCUT2D eigenvalue weighted by Crippen LogP contribution is -2.16. The maximum absolute atomic E-state index is 13.1. The van der Waals surface area contributed by atoms with E-state index in [0.717, 1.165) is 12.8 Å². The number of ether oxygens (including phenoxy) is 1. The maximum Gasteiger partial charge on any atom is 0.361 e. The number of aromatic nitrogens is 1. The van der Waals surface area contributed by atoms with E-state index >= 15 is 0 Å². The van der Waals surface area contributed by atoms with Gasteiger partial charge in [0.1, 0.15) is 16.3 Å². The molecule has 0 radical (unpaired) electrons. The minimum atomic E-state index is -2.61. The number of halogens is 1. The van der Waals surface area contributed by atoms with E-state index in [4.69, 9.17) is 20.9 Å². The number of hydrogen-bond donors (Lipinski definition) is 1. The lowest BCUT2D eigenvalue weighted by atomic mass is 9.98. The Morgan fingerprint density at radius 1 is 1.33 bits per heavy atom. The first-order valence-corrected chi connectivity index (χ1v) is 10.2. The first-order chi connectivity index (χ1) is 12.8. The number of nitrogens with zero attached hydrogens (tertiary/aromatic N) is 1. The van der Waals surface area contributed by atoms with Crippen molar-refractivity contribution in [2.24, 2.45) is 0 Å². The van der Waals surface area contributed by atoms with Gasteiger partial charge in [-0.05, 0) is 44.4 Å². The molecule has 1 aromatic carbocycles. The van der Waals surface area contributed by atoms with Gasteiger partial charge in [0.15, 0.2) is 5.76 Å². The molecule has 0 bridgehead atoms. The van der Waals surface area contributed by atoms with Gasteiger partial charge in [0.05, 0.1) is 16.9 Å². The highest BCUT2D eigenvalue weighted by Crippen LogP contribution is 2.43. The van der Waals surface area contributed by atoms with Crippen LogP contribution in [-0.2, 0) is 21.2 Å². The van der Waals surface area contributed by atoms with Gasteiger partial charge in [0, 0.05) is 11.5 Å². The second kappa shape index (κ2) is 7.82. The third-order valence-corrected chi connectivity index (χ3v) is 4.96. The molecule has 2 aromatic rings. The molecule has 0 amide bonds. The summed E-state index contributed by atoms with van der Waals surface area (Å²) in [6, 6.07) is 4.39. The Morgan fingerprint density at radius 3 is 2.59 bits per heavy atom. The van der Waals surface area contributed by atoms with Crippen LogP contribution in [0.3, 0.4) is 0 Å². The second-order valence-corrected chi connectivity index (χ2v) is 8.02. The molecular formula is C18H18ClNO6S. The number of esters is 1. The Hall–Kier alpha value is -2.19. The van der Waals surface area contributed by atoms with E-state index in [1.54, 1.807) is 13.8 Å². The van der Waals surface area contributed by atoms with Crippen LogP contribution >= 0.6 is 11.6 Å². The Morgan fingerprint density at radius 2 is 2.04 bits per heavy atom. The molecule has 1 heterocycles. The van der Waals surface area contributed by atoms with Gasteiger partial charge in [-0.15, -0.1) is 0 Å². The lowest BCUT2D eigenvalue weighted by molar-refractivity contribution is 0.0364. The Labute approximate surface area is 162 Å². The van der Waals surface area contributed by atoms with Gasteiger partial charge in [-0.2, -0.15) is 0 Å². The summed E-state index contributed by atoms with van der Waals surface area (Å²) in [6.45, 7) is 3.38. The molecule has 1 fully saturated rings. The highest BCUT2D eigenvalue weighted by Gasteiger charge is 2.38. The maximum atomic E-state index is 13.1. The topological polar surface area (TPSA) is 104 Å². The smallest absolute Gasteiger partial charge is 0.361 e. The molecule has 27 heavy (non-hydrogen) atoms. The fraction of sp³-hybridized carbons (Fsp3) is 0.389. The Bertz CT molecular complexity index is 966. The van der Waals surface area contributed by atoms with Crippen molar-refractivity contribution in [2.45, 2.75) is 44.5 Å². The number of hydrogen-bond acceptors (Lipinski definition) is 7. The van der Waals surface area contributed by atoms with Crippen molar-refractivity contribution in [1.82, 2.24) is 5.16 Å². The van der Waals surface area contributed by atoms with Crippen LogP contribution in [0.4, 0.5) is 0 Å². The molecule has 9 heteroatoms. The second-order valence-electron chi connectivity index (χ2n) is 6.63. The summed E-state index contributed by atoms with van der Waals surface area (Å²) in [4.78, 5) is 25.4. The number of benzene rings is 1. The summed E-state index contributed by atoms with van der Waals surface area (Å²) in [5.74, 6) is -1.01. The minimum absolute atomic E-state index is 0.0413. The fourth-order valence-corrected chi connectivity index (χ4v) is 3.46. The Balaban J connectivity index is 2.01. The molecule has 0 atom stereocenters. The van der Waals surface area contributed by atoms with Crippen LogP contribution in [0.1, 0.15) is 70.3 Å². The molecule has 0 saturated heterocycles. The van der Waals surface area contributed by atoms with Crippen LogP contribution in [0.5, 0.6) is 0 Å². The van der Waals surface area contributed by atoms with Crippen molar-refractivity contribution in [3.8, 4) is 0 Å². The van der Waals surface area contributed by atoms with E-state index in [-0.39, 0.29) is 39.6 Å². The van der Waals surface area contributed by atoms with Crippen LogP contribution in [0.2, 0.25) is 5.02 Å². The lowest BCUT2D eigenvalue weighted by Gasteiger charge is -2.08. The highest BCUT2D eigenvalue weighted by molar-refractivity contribution is 7.71. The van der Waals surface area contributed by atoms with Crippen LogP contribution in [0.25, 0.3) is 0 Å². The molecule has 1 aliphatic carbocycles. The van der Waals surface area contributed by atoms with Gasteiger partial charge in [-0.3, -0.25) is 4.79 Å². The third-order valence-electron chi connectivity index (χ3n) is 4.02. The molecule has 1 saturated carbocycles. The van der Waals surface area contributed by atoms with E-state index in [0.29, 0.717) is 11.3 Å². The van der Waals surface area contributed by atoms with E-state index < -0.39 is 22.5 Å². The Kier molecular flexibility index (Phi) is 5.67. The first kappa shape index (κ1) is 19.6. The molecule has 1 aromatic heterocycles. The van der Waals surface area contributed by atoms with Gasteiger partial charge in [0.2, 0.25) is 11.5 Å². The van der Waals surface area contributed by atoms with E-state index in [1.807, 2.05) is 0 Å². The summed E-state index contributed by atoms with van der Waals surface area (Å²) in [7, 11) is -2.61. The number of carbonyl (C=O) groups is 2. The zero-order chi connectivity index (χ0) is 19.7. The van der Waals surface area contributed by atoms with Gasteiger partial charge >= 0.3 is 5.97 Å². The molecule has 144 valence electrons. The molecule has 1 aliphatic rings. The first-order valence-electron chi connectivity index (χ1n) is 8.43. The van der Waals surface area contributed by atoms with Gasteiger partial charge in [-0.1, -0.05) is 22.8 Å². The zero-order valence-electron chi connectivity index (χ0n) is 14.7. The molecule has 0 unspecified atom stereocenters. The summed E-state index contributed by atoms with van der Waals surface area (Å²) in [5.41, 5.74) is 0.510. The molecule has 0 spiro atoms. The monoisotopic (exact) mass is 411 g/mol. The van der Waals surface area contributed by atoms with Crippen LogP contribution in [-0.4, -0.2) is 31.4 Å². The number of carbonyl (C=O) groups excluding carboxylic acids is 2.